The Kier molecular flexibility index (Phi) is 4.49. The third-order valence-electron chi connectivity index (χ3n) is 3.28. The zero-order valence-electron chi connectivity index (χ0n) is 12.4. The summed E-state index contributed by atoms with van der Waals surface area (Å²) in [5.74, 6) is -0.996. The molecule has 0 aliphatic carbocycles. The van der Waals surface area contributed by atoms with Gasteiger partial charge >= 0.3 is 12.3 Å². The van der Waals surface area contributed by atoms with Crippen molar-refractivity contribution in [2.24, 2.45) is 0 Å². The van der Waals surface area contributed by atoms with E-state index in [-0.39, 0.29) is 22.6 Å². The maximum Gasteiger partial charge on any atom is 0.573 e. The molecule has 0 unspecified atom stereocenters. The number of nitrogen functional groups attached to an aromatic ring is 1. The Bertz CT molecular complexity index is 742. The van der Waals surface area contributed by atoms with Gasteiger partial charge in [-0.3, -0.25) is 0 Å². The first-order valence-electron chi connectivity index (χ1n) is 6.56. The Labute approximate surface area is 130 Å². The van der Waals surface area contributed by atoms with Crippen LogP contribution in [0.5, 0.6) is 5.75 Å². The molecule has 0 spiro atoms. The molecule has 0 bridgehead atoms. The van der Waals surface area contributed by atoms with Crippen molar-refractivity contribution < 1.29 is 27.4 Å². The Balaban J connectivity index is 2.59. The minimum Gasteiger partial charge on any atom is -0.465 e. The van der Waals surface area contributed by atoms with Gasteiger partial charge in [0.15, 0.2) is 0 Å². The first-order valence-corrected chi connectivity index (χ1v) is 6.56. The largest absolute Gasteiger partial charge is 0.573 e. The van der Waals surface area contributed by atoms with Crippen LogP contribution in [-0.2, 0) is 4.74 Å². The van der Waals surface area contributed by atoms with Gasteiger partial charge in [0.25, 0.3) is 0 Å². The number of methoxy groups -OCH3 is 1. The van der Waals surface area contributed by atoms with E-state index in [0.717, 1.165) is 0 Å². The number of nitrogens with two attached hydrogens (primary N) is 1. The summed E-state index contributed by atoms with van der Waals surface area (Å²) >= 11 is 0. The molecule has 2 N–H and O–H groups in total. The smallest absolute Gasteiger partial charge is 0.465 e. The van der Waals surface area contributed by atoms with E-state index in [9.17, 15) is 18.0 Å². The van der Waals surface area contributed by atoms with Crippen LogP contribution in [0.2, 0.25) is 0 Å². The maximum atomic E-state index is 12.5. The van der Waals surface area contributed by atoms with E-state index in [1.54, 1.807) is 13.0 Å². The molecular formula is C16H14F3NO3. The molecular weight excluding hydrogens is 311 g/mol. The summed E-state index contributed by atoms with van der Waals surface area (Å²) in [6.45, 7) is 1.63. The monoisotopic (exact) mass is 325 g/mol. The highest BCUT2D eigenvalue weighted by molar-refractivity contribution is 5.95. The van der Waals surface area contributed by atoms with Gasteiger partial charge < -0.3 is 15.2 Å². The van der Waals surface area contributed by atoms with Gasteiger partial charge in [-0.05, 0) is 36.2 Å². The average Bonchev–Trinajstić information content (AvgIpc) is 2.48. The van der Waals surface area contributed by atoms with Gasteiger partial charge in [0.05, 0.1) is 12.7 Å². The number of esters is 1. The third-order valence-corrected chi connectivity index (χ3v) is 3.28. The first-order chi connectivity index (χ1) is 10.7. The van der Waals surface area contributed by atoms with Crippen molar-refractivity contribution >= 4 is 11.7 Å². The number of hydrogen-bond acceptors (Lipinski definition) is 4. The second-order valence-electron chi connectivity index (χ2n) is 4.77. The SMILES string of the molecule is COC(=O)c1cc(-c2ccccc2OC(F)(F)F)cc(N)c1C. The highest BCUT2D eigenvalue weighted by atomic mass is 19.4. The number of anilines is 1. The summed E-state index contributed by atoms with van der Waals surface area (Å²) in [6.07, 6.45) is -4.82. The summed E-state index contributed by atoms with van der Waals surface area (Å²) in [6, 6.07) is 8.54. The van der Waals surface area contributed by atoms with Crippen LogP contribution in [-0.4, -0.2) is 19.4 Å². The molecule has 0 fully saturated rings. The van der Waals surface area contributed by atoms with Gasteiger partial charge in [0.2, 0.25) is 0 Å². The molecule has 7 heteroatoms. The second kappa shape index (κ2) is 6.20. The zero-order chi connectivity index (χ0) is 17.2. The molecule has 0 radical (unpaired) electrons. The number of alkyl halides is 3. The zero-order valence-corrected chi connectivity index (χ0v) is 12.4. The molecule has 4 nitrogen and oxygen atoms in total. The highest BCUT2D eigenvalue weighted by Crippen LogP contribution is 2.36. The van der Waals surface area contributed by atoms with Crippen LogP contribution in [0.25, 0.3) is 11.1 Å². The van der Waals surface area contributed by atoms with Crippen LogP contribution >= 0.6 is 0 Å². The summed E-state index contributed by atoms with van der Waals surface area (Å²) in [5, 5.41) is 0. The number of rotatable bonds is 3. The molecule has 2 aromatic carbocycles. The number of carbonyl (C=O) groups excluding carboxylic acids is 1. The lowest BCUT2D eigenvalue weighted by Gasteiger charge is -2.15. The minimum absolute atomic E-state index is 0.168. The molecule has 0 aromatic heterocycles. The standard InChI is InChI=1S/C16H14F3NO3/c1-9-12(15(21)22-2)7-10(8-13(9)20)11-5-3-4-6-14(11)23-16(17,18)19/h3-8H,20H2,1-2H3. The van der Waals surface area contributed by atoms with Gasteiger partial charge in [0, 0.05) is 11.3 Å². The molecule has 0 saturated carbocycles. The molecule has 2 aromatic rings. The molecule has 0 saturated heterocycles. The normalized spacial score (nSPS) is 11.2. The lowest BCUT2D eigenvalue weighted by molar-refractivity contribution is -0.274. The quantitative estimate of drug-likeness (QED) is 0.686. The Morgan fingerprint density at radius 3 is 2.43 bits per heavy atom. The molecule has 0 heterocycles. The molecule has 0 atom stereocenters. The van der Waals surface area contributed by atoms with Crippen LogP contribution < -0.4 is 10.5 Å². The Morgan fingerprint density at radius 1 is 1.17 bits per heavy atom. The van der Waals surface area contributed by atoms with Gasteiger partial charge in [-0.25, -0.2) is 4.79 Å². The van der Waals surface area contributed by atoms with E-state index in [1.807, 2.05) is 0 Å². The van der Waals surface area contributed by atoms with Crippen molar-refractivity contribution in [2.75, 3.05) is 12.8 Å². The number of carbonyl (C=O) groups is 1. The maximum absolute atomic E-state index is 12.5. The second-order valence-corrected chi connectivity index (χ2v) is 4.77. The highest BCUT2D eigenvalue weighted by Gasteiger charge is 2.32. The summed E-state index contributed by atoms with van der Waals surface area (Å²) in [7, 11) is 1.21. The van der Waals surface area contributed by atoms with Crippen LogP contribution in [0.4, 0.5) is 18.9 Å². The summed E-state index contributed by atoms with van der Waals surface area (Å²) < 4.78 is 46.3. The fourth-order valence-corrected chi connectivity index (χ4v) is 2.13. The van der Waals surface area contributed by atoms with Crippen LogP contribution in [0.15, 0.2) is 36.4 Å². The predicted molar refractivity (Wildman–Crippen MR) is 79.0 cm³/mol. The average molecular weight is 325 g/mol. The van der Waals surface area contributed by atoms with Gasteiger partial charge in [-0.15, -0.1) is 13.2 Å². The lowest BCUT2D eigenvalue weighted by Crippen LogP contribution is -2.17. The van der Waals surface area contributed by atoms with Crippen molar-refractivity contribution in [2.45, 2.75) is 13.3 Å². The number of para-hydroxylation sites is 1. The van der Waals surface area contributed by atoms with Crippen LogP contribution in [0.3, 0.4) is 0 Å². The van der Waals surface area contributed by atoms with E-state index in [0.29, 0.717) is 11.1 Å². The molecule has 2 rings (SSSR count). The van der Waals surface area contributed by atoms with E-state index in [1.165, 1.54) is 37.4 Å². The fourth-order valence-electron chi connectivity index (χ4n) is 2.13. The molecule has 0 aliphatic heterocycles. The fraction of sp³-hybridized carbons (Fsp3) is 0.188. The van der Waals surface area contributed by atoms with Crippen LogP contribution in [0, 0.1) is 6.92 Å². The number of benzene rings is 2. The Hall–Kier alpha value is -2.70. The first kappa shape index (κ1) is 16.7. The number of ether oxygens (including phenoxy) is 2. The van der Waals surface area contributed by atoms with Crippen molar-refractivity contribution in [3.63, 3.8) is 0 Å². The lowest BCUT2D eigenvalue weighted by atomic mass is 9.97. The van der Waals surface area contributed by atoms with Crippen molar-refractivity contribution in [3.05, 3.63) is 47.5 Å². The third kappa shape index (κ3) is 3.74. The van der Waals surface area contributed by atoms with Gasteiger partial charge in [-0.2, -0.15) is 0 Å². The van der Waals surface area contributed by atoms with Crippen molar-refractivity contribution in [1.82, 2.24) is 0 Å². The molecule has 0 amide bonds. The predicted octanol–water partition coefficient (Wildman–Crippen LogP) is 3.93. The van der Waals surface area contributed by atoms with E-state index < -0.39 is 12.3 Å². The number of halogens is 3. The molecule has 23 heavy (non-hydrogen) atoms. The summed E-state index contributed by atoms with van der Waals surface area (Å²) in [4.78, 5) is 11.8. The van der Waals surface area contributed by atoms with Crippen LogP contribution in [0.1, 0.15) is 15.9 Å². The van der Waals surface area contributed by atoms with E-state index in [2.05, 4.69) is 9.47 Å². The van der Waals surface area contributed by atoms with E-state index >= 15 is 0 Å². The van der Waals surface area contributed by atoms with Crippen molar-refractivity contribution in [3.8, 4) is 16.9 Å². The van der Waals surface area contributed by atoms with E-state index in [4.69, 9.17) is 5.73 Å². The minimum atomic E-state index is -4.82. The Morgan fingerprint density at radius 2 is 1.83 bits per heavy atom. The molecule has 0 aliphatic rings. The number of hydrogen-bond donors (Lipinski definition) is 1. The van der Waals surface area contributed by atoms with Gasteiger partial charge in [-0.1, -0.05) is 18.2 Å². The topological polar surface area (TPSA) is 61.5 Å². The molecule has 122 valence electrons. The van der Waals surface area contributed by atoms with Gasteiger partial charge in [0.1, 0.15) is 5.75 Å². The van der Waals surface area contributed by atoms with Crippen molar-refractivity contribution in [1.29, 1.82) is 0 Å². The summed E-state index contributed by atoms with van der Waals surface area (Å²) in [5.41, 5.74) is 7.30.